The van der Waals surface area contributed by atoms with Gasteiger partial charge >= 0.3 is 0 Å². The van der Waals surface area contributed by atoms with Gasteiger partial charge in [0.15, 0.2) is 5.01 Å². The van der Waals surface area contributed by atoms with E-state index in [0.29, 0.717) is 6.54 Å². The third kappa shape index (κ3) is 2.20. The number of thiazole rings is 1. The topological polar surface area (TPSA) is 17.2 Å². The molecule has 1 aromatic carbocycles. The fourth-order valence-electron chi connectivity index (χ4n) is 1.23. The molecule has 0 saturated heterocycles. The van der Waals surface area contributed by atoms with Crippen LogP contribution in [0, 0.1) is 12.4 Å². The van der Waals surface area contributed by atoms with Crippen molar-refractivity contribution in [3.05, 3.63) is 51.9 Å². The van der Waals surface area contributed by atoms with E-state index in [0.717, 1.165) is 16.3 Å². The minimum Gasteiger partial charge on any atom is -0.309 e. The van der Waals surface area contributed by atoms with E-state index >= 15 is 0 Å². The Hall–Kier alpha value is -1.73. The molecule has 0 saturated carbocycles. The summed E-state index contributed by atoms with van der Waals surface area (Å²) in [5, 5.41) is 2.61. The summed E-state index contributed by atoms with van der Waals surface area (Å²) in [6.45, 7) is 7.01. The van der Waals surface area contributed by atoms with Gasteiger partial charge in [-0.1, -0.05) is 12.1 Å². The Bertz CT molecular complexity index is 513. The van der Waals surface area contributed by atoms with Crippen LogP contribution >= 0.6 is 11.3 Å². The first-order valence-electron chi connectivity index (χ1n) is 4.33. The molecule has 15 heavy (non-hydrogen) atoms. The van der Waals surface area contributed by atoms with E-state index in [-0.39, 0.29) is 5.82 Å². The summed E-state index contributed by atoms with van der Waals surface area (Å²) in [7, 11) is 0. The number of nitrogens with zero attached hydrogens (tertiary/aromatic N) is 2. The van der Waals surface area contributed by atoms with Gasteiger partial charge in [0.25, 0.3) is 6.54 Å². The van der Waals surface area contributed by atoms with E-state index < -0.39 is 0 Å². The minimum absolute atomic E-state index is 0.271. The summed E-state index contributed by atoms with van der Waals surface area (Å²) in [5.41, 5.74) is 1.49. The molecule has 0 aliphatic heterocycles. The maximum atomic E-state index is 12.9. The second-order valence-electron chi connectivity index (χ2n) is 2.95. The highest BCUT2D eigenvalue weighted by Gasteiger charge is 2.06. The molecule has 0 aliphatic rings. The van der Waals surface area contributed by atoms with Crippen LogP contribution in [-0.4, -0.2) is 4.98 Å². The molecule has 2 rings (SSSR count). The highest BCUT2D eigenvalue weighted by molar-refractivity contribution is 7.09. The standard InChI is InChI=1S/C11H7FN2S/c1-13-6-11-14-10(7-15-11)8-3-2-4-9(12)5-8/h2-5,7H,6H2. The summed E-state index contributed by atoms with van der Waals surface area (Å²) in [6.07, 6.45) is 0. The summed E-state index contributed by atoms with van der Waals surface area (Å²) in [6, 6.07) is 6.30. The molecule has 0 atom stereocenters. The van der Waals surface area contributed by atoms with Gasteiger partial charge in [0.05, 0.1) is 5.69 Å². The average Bonchev–Trinajstić information content (AvgIpc) is 2.67. The predicted octanol–water partition coefficient (Wildman–Crippen LogP) is 3.37. The number of hydrogen-bond acceptors (Lipinski definition) is 2. The molecule has 2 nitrogen and oxygen atoms in total. The van der Waals surface area contributed by atoms with Crippen LogP contribution in [0.4, 0.5) is 4.39 Å². The number of hydrogen-bond donors (Lipinski definition) is 0. The Kier molecular flexibility index (Phi) is 2.75. The first-order valence-corrected chi connectivity index (χ1v) is 5.21. The average molecular weight is 218 g/mol. The molecule has 1 aromatic heterocycles. The zero-order chi connectivity index (χ0) is 10.7. The van der Waals surface area contributed by atoms with Crippen molar-refractivity contribution in [2.75, 3.05) is 0 Å². The van der Waals surface area contributed by atoms with Crippen LogP contribution in [0.1, 0.15) is 5.01 Å². The van der Waals surface area contributed by atoms with Crippen LogP contribution in [-0.2, 0) is 6.54 Å². The van der Waals surface area contributed by atoms with Crippen molar-refractivity contribution in [1.82, 2.24) is 4.98 Å². The fraction of sp³-hybridized carbons (Fsp3) is 0.0909. The lowest BCUT2D eigenvalue weighted by Crippen LogP contribution is -1.81. The lowest BCUT2D eigenvalue weighted by Gasteiger charge is -1.95. The number of aromatic nitrogens is 1. The van der Waals surface area contributed by atoms with Crippen LogP contribution in [0.15, 0.2) is 29.6 Å². The summed E-state index contributed by atoms with van der Waals surface area (Å²) in [5.74, 6) is -0.271. The van der Waals surface area contributed by atoms with E-state index in [9.17, 15) is 4.39 Å². The molecule has 0 aliphatic carbocycles. The van der Waals surface area contributed by atoms with E-state index in [1.807, 2.05) is 5.38 Å². The van der Waals surface area contributed by atoms with Gasteiger partial charge in [0.1, 0.15) is 5.82 Å². The quantitative estimate of drug-likeness (QED) is 0.706. The molecule has 74 valence electrons. The van der Waals surface area contributed by atoms with Crippen molar-refractivity contribution in [1.29, 1.82) is 0 Å². The van der Waals surface area contributed by atoms with E-state index in [1.54, 1.807) is 12.1 Å². The SMILES string of the molecule is [C-]#[N+]Cc1nc(-c2cccc(F)c2)cs1. The number of halogens is 1. The number of benzene rings is 1. The van der Waals surface area contributed by atoms with E-state index in [1.165, 1.54) is 23.5 Å². The Labute approximate surface area is 90.8 Å². The molecule has 0 unspecified atom stereocenters. The van der Waals surface area contributed by atoms with Gasteiger partial charge in [-0.2, -0.15) is 0 Å². The summed E-state index contributed by atoms with van der Waals surface area (Å²) in [4.78, 5) is 7.50. The summed E-state index contributed by atoms with van der Waals surface area (Å²) < 4.78 is 12.9. The Morgan fingerprint density at radius 1 is 1.47 bits per heavy atom. The monoisotopic (exact) mass is 218 g/mol. The van der Waals surface area contributed by atoms with E-state index in [4.69, 9.17) is 6.57 Å². The van der Waals surface area contributed by atoms with Crippen LogP contribution in [0.2, 0.25) is 0 Å². The van der Waals surface area contributed by atoms with Crippen LogP contribution in [0.3, 0.4) is 0 Å². The van der Waals surface area contributed by atoms with Gasteiger partial charge in [-0.15, -0.1) is 11.3 Å². The van der Waals surface area contributed by atoms with Gasteiger partial charge in [0.2, 0.25) is 0 Å². The maximum Gasteiger partial charge on any atom is 0.265 e. The zero-order valence-electron chi connectivity index (χ0n) is 7.77. The highest BCUT2D eigenvalue weighted by Crippen LogP contribution is 2.22. The molecule has 0 spiro atoms. The minimum atomic E-state index is -0.271. The second-order valence-corrected chi connectivity index (χ2v) is 3.90. The molecule has 0 amide bonds. The van der Waals surface area contributed by atoms with E-state index in [2.05, 4.69) is 9.83 Å². The van der Waals surface area contributed by atoms with Crippen LogP contribution in [0.5, 0.6) is 0 Å². The Morgan fingerprint density at radius 3 is 3.07 bits per heavy atom. The molecule has 2 aromatic rings. The van der Waals surface area contributed by atoms with Crippen LogP contribution < -0.4 is 0 Å². The Balaban J connectivity index is 2.34. The Morgan fingerprint density at radius 2 is 2.33 bits per heavy atom. The molecular weight excluding hydrogens is 211 g/mol. The highest BCUT2D eigenvalue weighted by atomic mass is 32.1. The van der Waals surface area contributed by atoms with Gasteiger partial charge in [0, 0.05) is 10.9 Å². The number of rotatable bonds is 2. The molecule has 0 N–H and O–H groups in total. The first kappa shape index (κ1) is 9.81. The van der Waals surface area contributed by atoms with Crippen molar-refractivity contribution in [2.45, 2.75) is 6.54 Å². The smallest absolute Gasteiger partial charge is 0.265 e. The lowest BCUT2D eigenvalue weighted by molar-refractivity contribution is 0.628. The fourth-order valence-corrected chi connectivity index (χ4v) is 1.96. The van der Waals surface area contributed by atoms with Crippen molar-refractivity contribution < 1.29 is 4.39 Å². The second kappa shape index (κ2) is 4.20. The van der Waals surface area contributed by atoms with Gasteiger partial charge in [-0.3, -0.25) is 0 Å². The molecule has 0 fully saturated rings. The van der Waals surface area contributed by atoms with Crippen molar-refractivity contribution in [2.24, 2.45) is 0 Å². The van der Waals surface area contributed by atoms with Gasteiger partial charge in [-0.05, 0) is 12.1 Å². The third-order valence-electron chi connectivity index (χ3n) is 1.89. The largest absolute Gasteiger partial charge is 0.309 e. The van der Waals surface area contributed by atoms with Gasteiger partial charge in [-0.25, -0.2) is 15.9 Å². The van der Waals surface area contributed by atoms with Crippen LogP contribution in [0.25, 0.3) is 16.1 Å². The zero-order valence-corrected chi connectivity index (χ0v) is 8.59. The first-order chi connectivity index (χ1) is 7.29. The predicted molar refractivity (Wildman–Crippen MR) is 57.8 cm³/mol. The molecule has 4 heteroatoms. The van der Waals surface area contributed by atoms with Crippen molar-refractivity contribution in [3.63, 3.8) is 0 Å². The molecule has 0 bridgehead atoms. The lowest BCUT2D eigenvalue weighted by atomic mass is 10.2. The van der Waals surface area contributed by atoms with Crippen molar-refractivity contribution in [3.8, 4) is 11.3 Å². The normalized spacial score (nSPS) is 9.87. The third-order valence-corrected chi connectivity index (χ3v) is 2.72. The maximum absolute atomic E-state index is 12.9. The molecule has 1 heterocycles. The van der Waals surface area contributed by atoms with Crippen molar-refractivity contribution >= 4 is 11.3 Å². The molecular formula is C11H7FN2S. The summed E-state index contributed by atoms with van der Waals surface area (Å²) >= 11 is 1.43. The molecule has 0 radical (unpaired) electrons. The van der Waals surface area contributed by atoms with Gasteiger partial charge < -0.3 is 4.85 Å².